The van der Waals surface area contributed by atoms with E-state index in [1.165, 1.54) is 76.2 Å². The van der Waals surface area contributed by atoms with Gasteiger partial charge in [0.05, 0.1) is 13.2 Å². The summed E-state index contributed by atoms with van der Waals surface area (Å²) in [5, 5.41) is 0. The first kappa shape index (κ1) is 31.2. The molecule has 0 aromatic heterocycles. The van der Waals surface area contributed by atoms with E-state index in [9.17, 15) is 9.59 Å². The summed E-state index contributed by atoms with van der Waals surface area (Å²) < 4.78 is 11.1. The van der Waals surface area contributed by atoms with E-state index in [0.29, 0.717) is 26.1 Å². The van der Waals surface area contributed by atoms with Crippen LogP contribution in [0, 0.1) is 5.41 Å². The number of hydrogen-bond acceptors (Lipinski definition) is 4. The van der Waals surface area contributed by atoms with Gasteiger partial charge in [-0.2, -0.15) is 0 Å². The molecule has 1 aromatic rings. The summed E-state index contributed by atoms with van der Waals surface area (Å²) in [6, 6.07) is 10.1. The van der Waals surface area contributed by atoms with E-state index in [2.05, 4.69) is 19.1 Å². The molecule has 0 heterocycles. The minimum atomic E-state index is -1.18. The van der Waals surface area contributed by atoms with Gasteiger partial charge in [0.2, 0.25) is 0 Å². The monoisotopic (exact) mass is 488 g/mol. The van der Waals surface area contributed by atoms with Crippen molar-refractivity contribution < 1.29 is 19.1 Å². The van der Waals surface area contributed by atoms with Crippen molar-refractivity contribution in [2.75, 3.05) is 13.2 Å². The van der Waals surface area contributed by atoms with Crippen LogP contribution in [0.5, 0.6) is 0 Å². The molecule has 4 nitrogen and oxygen atoms in total. The molecule has 0 aliphatic rings. The fraction of sp³-hybridized carbons (Fsp3) is 0.742. The lowest BCUT2D eigenvalue weighted by atomic mass is 9.82. The molecule has 4 heteroatoms. The Labute approximate surface area is 215 Å². The zero-order valence-electron chi connectivity index (χ0n) is 23.0. The second kappa shape index (κ2) is 20.4. The smallest absolute Gasteiger partial charge is 0.323 e. The van der Waals surface area contributed by atoms with Gasteiger partial charge in [-0.1, -0.05) is 128 Å². The predicted molar refractivity (Wildman–Crippen MR) is 145 cm³/mol. The normalized spacial score (nSPS) is 11.4. The molecular formula is C31H52O4. The Morgan fingerprint density at radius 1 is 0.600 bits per heavy atom. The second-order valence-corrected chi connectivity index (χ2v) is 9.89. The van der Waals surface area contributed by atoms with E-state index in [1.54, 1.807) is 0 Å². The largest absolute Gasteiger partial charge is 0.465 e. The molecule has 0 unspecified atom stereocenters. The van der Waals surface area contributed by atoms with E-state index in [1.807, 2.05) is 32.0 Å². The number of aryl methyl sites for hydroxylation is 1. The van der Waals surface area contributed by atoms with Crippen LogP contribution in [0.1, 0.15) is 129 Å². The highest BCUT2D eigenvalue weighted by Gasteiger charge is 2.45. The summed E-state index contributed by atoms with van der Waals surface area (Å²) in [6.45, 7) is 6.70. The Bertz CT molecular complexity index is 651. The first-order valence-corrected chi connectivity index (χ1v) is 14.5. The third-order valence-electron chi connectivity index (χ3n) is 7.16. The van der Waals surface area contributed by atoms with Gasteiger partial charge in [0.25, 0.3) is 0 Å². The van der Waals surface area contributed by atoms with Crippen molar-refractivity contribution >= 4 is 11.9 Å². The molecule has 0 bridgehead atoms. The number of esters is 2. The van der Waals surface area contributed by atoms with Crippen molar-refractivity contribution in [1.82, 2.24) is 0 Å². The zero-order valence-corrected chi connectivity index (χ0v) is 23.0. The van der Waals surface area contributed by atoms with Crippen molar-refractivity contribution in [2.24, 2.45) is 5.41 Å². The number of ether oxygens (including phenoxy) is 2. The molecule has 0 aliphatic carbocycles. The highest BCUT2D eigenvalue weighted by molar-refractivity contribution is 5.99. The van der Waals surface area contributed by atoms with Crippen LogP contribution in [0.3, 0.4) is 0 Å². The van der Waals surface area contributed by atoms with Gasteiger partial charge in [0, 0.05) is 0 Å². The van der Waals surface area contributed by atoms with Gasteiger partial charge in [-0.15, -0.1) is 0 Å². The van der Waals surface area contributed by atoms with Crippen molar-refractivity contribution in [3.63, 3.8) is 0 Å². The zero-order chi connectivity index (χ0) is 25.6. The van der Waals surface area contributed by atoms with E-state index < -0.39 is 17.4 Å². The van der Waals surface area contributed by atoms with Gasteiger partial charge in [-0.3, -0.25) is 9.59 Å². The molecule has 0 saturated carbocycles. The average Bonchev–Trinajstić information content (AvgIpc) is 2.88. The quantitative estimate of drug-likeness (QED) is 0.0931. The summed E-state index contributed by atoms with van der Waals surface area (Å²) in [5.41, 5.74) is 0.0431. The number of hydrogen-bond donors (Lipinski definition) is 0. The summed E-state index contributed by atoms with van der Waals surface area (Å²) in [6.07, 6.45) is 19.0. The Balaban J connectivity index is 2.15. The van der Waals surface area contributed by atoms with Crippen LogP contribution in [-0.2, 0) is 25.5 Å². The van der Waals surface area contributed by atoms with E-state index in [-0.39, 0.29) is 0 Å². The Morgan fingerprint density at radius 2 is 1.03 bits per heavy atom. The van der Waals surface area contributed by atoms with Crippen LogP contribution in [0.4, 0.5) is 0 Å². The fourth-order valence-electron chi connectivity index (χ4n) is 4.56. The number of carbonyl (C=O) groups is 2. The molecule has 0 amide bonds. The summed E-state index contributed by atoms with van der Waals surface area (Å²) in [7, 11) is 0. The maximum atomic E-state index is 12.8. The lowest BCUT2D eigenvalue weighted by Gasteiger charge is -2.27. The fourth-order valence-corrected chi connectivity index (χ4v) is 4.56. The number of rotatable bonds is 22. The lowest BCUT2D eigenvalue weighted by molar-refractivity contribution is -0.173. The molecule has 200 valence electrons. The summed E-state index contributed by atoms with van der Waals surface area (Å²) in [4.78, 5) is 25.6. The van der Waals surface area contributed by atoms with Crippen LogP contribution in [0.2, 0.25) is 0 Å². The van der Waals surface area contributed by atoms with Crippen LogP contribution in [-0.4, -0.2) is 25.2 Å². The first-order chi connectivity index (χ1) is 17.1. The number of benzene rings is 1. The Kier molecular flexibility index (Phi) is 18.1. The minimum absolute atomic E-state index is 0.321. The first-order valence-electron chi connectivity index (χ1n) is 14.5. The molecule has 1 aromatic carbocycles. The maximum absolute atomic E-state index is 12.8. The van der Waals surface area contributed by atoms with E-state index >= 15 is 0 Å². The molecule has 35 heavy (non-hydrogen) atoms. The highest BCUT2D eigenvalue weighted by atomic mass is 16.6. The SMILES string of the molecule is CCCCCCCCCCCCCCCOC(=O)C(CC)(CC)C(=O)OCCCc1ccccc1. The predicted octanol–water partition coefficient (Wildman–Crippen LogP) is 8.60. The third-order valence-corrected chi connectivity index (χ3v) is 7.16. The topological polar surface area (TPSA) is 52.6 Å². The van der Waals surface area contributed by atoms with Crippen molar-refractivity contribution in [2.45, 2.75) is 130 Å². The van der Waals surface area contributed by atoms with Gasteiger partial charge in [-0.05, 0) is 37.7 Å². The molecule has 0 spiro atoms. The minimum Gasteiger partial charge on any atom is -0.465 e. The van der Waals surface area contributed by atoms with Crippen molar-refractivity contribution in [3.8, 4) is 0 Å². The Morgan fingerprint density at radius 3 is 1.49 bits per heavy atom. The van der Waals surface area contributed by atoms with E-state index in [4.69, 9.17) is 9.47 Å². The van der Waals surface area contributed by atoms with Crippen LogP contribution >= 0.6 is 0 Å². The second-order valence-electron chi connectivity index (χ2n) is 9.89. The standard InChI is InChI=1S/C31H52O4/c1-4-7-8-9-10-11-12-13-14-15-16-17-21-26-34-29(32)31(5-2,6-3)30(33)35-27-22-25-28-23-19-18-20-24-28/h18-20,23-24H,4-17,21-22,25-27H2,1-3H3. The number of unbranched alkanes of at least 4 members (excludes halogenated alkanes) is 12. The lowest BCUT2D eigenvalue weighted by Crippen LogP contribution is -2.41. The van der Waals surface area contributed by atoms with Gasteiger partial charge < -0.3 is 9.47 Å². The maximum Gasteiger partial charge on any atom is 0.323 e. The molecule has 0 N–H and O–H groups in total. The van der Waals surface area contributed by atoms with Gasteiger partial charge >= 0.3 is 11.9 Å². The highest BCUT2D eigenvalue weighted by Crippen LogP contribution is 2.30. The van der Waals surface area contributed by atoms with Gasteiger partial charge in [-0.25, -0.2) is 0 Å². The van der Waals surface area contributed by atoms with Gasteiger partial charge in [0.1, 0.15) is 0 Å². The molecular weight excluding hydrogens is 436 g/mol. The number of carbonyl (C=O) groups excluding carboxylic acids is 2. The van der Waals surface area contributed by atoms with Crippen molar-refractivity contribution in [3.05, 3.63) is 35.9 Å². The molecule has 0 radical (unpaired) electrons. The van der Waals surface area contributed by atoms with E-state index in [0.717, 1.165) is 25.7 Å². The summed E-state index contributed by atoms with van der Waals surface area (Å²) >= 11 is 0. The van der Waals surface area contributed by atoms with Crippen LogP contribution in [0.15, 0.2) is 30.3 Å². The molecule has 0 saturated heterocycles. The molecule has 0 fully saturated rings. The molecule has 1 rings (SSSR count). The molecule has 0 atom stereocenters. The van der Waals surface area contributed by atoms with Gasteiger partial charge in [0.15, 0.2) is 5.41 Å². The Hall–Kier alpha value is -1.84. The molecule has 0 aliphatic heterocycles. The third kappa shape index (κ3) is 13.2. The van der Waals surface area contributed by atoms with Crippen LogP contribution < -0.4 is 0 Å². The average molecular weight is 489 g/mol. The van der Waals surface area contributed by atoms with Crippen LogP contribution in [0.25, 0.3) is 0 Å². The summed E-state index contributed by atoms with van der Waals surface area (Å²) in [5.74, 6) is -0.861. The van der Waals surface area contributed by atoms with Crippen molar-refractivity contribution in [1.29, 1.82) is 0 Å².